The quantitative estimate of drug-likeness (QED) is 0.844. The summed E-state index contributed by atoms with van der Waals surface area (Å²) in [6.45, 7) is 9.43. The van der Waals surface area contributed by atoms with Crippen LogP contribution in [-0.4, -0.2) is 6.54 Å². The standard InChI is InChI=1S/C18H23NO/c1-5-19-15(4)16-6-8-17(9-7-16)20-18-11-13(2)10-14(3)12-18/h6-12,15,19H,5H2,1-4H3. The second-order valence-corrected chi connectivity index (χ2v) is 5.27. The Morgan fingerprint density at radius 2 is 1.55 bits per heavy atom. The molecule has 0 saturated carbocycles. The van der Waals surface area contributed by atoms with E-state index in [1.165, 1.54) is 16.7 Å². The Hall–Kier alpha value is -1.80. The molecule has 0 amide bonds. The molecule has 2 heteroatoms. The molecule has 2 rings (SSSR count). The predicted molar refractivity (Wildman–Crippen MR) is 84.5 cm³/mol. The van der Waals surface area contributed by atoms with Crippen molar-refractivity contribution in [3.63, 3.8) is 0 Å². The van der Waals surface area contributed by atoms with E-state index in [4.69, 9.17) is 4.74 Å². The summed E-state index contributed by atoms with van der Waals surface area (Å²) in [5, 5.41) is 3.41. The Labute approximate surface area is 121 Å². The van der Waals surface area contributed by atoms with Crippen LogP contribution in [0.1, 0.15) is 36.6 Å². The zero-order valence-corrected chi connectivity index (χ0v) is 12.7. The van der Waals surface area contributed by atoms with Gasteiger partial charge in [-0.15, -0.1) is 0 Å². The summed E-state index contributed by atoms with van der Waals surface area (Å²) in [5.74, 6) is 1.78. The van der Waals surface area contributed by atoms with E-state index in [0.717, 1.165) is 18.0 Å². The van der Waals surface area contributed by atoms with Gasteiger partial charge in [0, 0.05) is 6.04 Å². The average molecular weight is 269 g/mol. The molecule has 0 aliphatic heterocycles. The van der Waals surface area contributed by atoms with Gasteiger partial charge in [0.25, 0.3) is 0 Å². The summed E-state index contributed by atoms with van der Waals surface area (Å²) in [5.41, 5.74) is 3.72. The lowest BCUT2D eigenvalue weighted by molar-refractivity contribution is 0.481. The number of rotatable bonds is 5. The van der Waals surface area contributed by atoms with Crippen LogP contribution in [0.25, 0.3) is 0 Å². The second-order valence-electron chi connectivity index (χ2n) is 5.27. The first-order chi connectivity index (χ1) is 9.58. The van der Waals surface area contributed by atoms with E-state index in [-0.39, 0.29) is 0 Å². The van der Waals surface area contributed by atoms with Gasteiger partial charge in [0.05, 0.1) is 0 Å². The zero-order chi connectivity index (χ0) is 14.5. The number of hydrogen-bond acceptors (Lipinski definition) is 2. The molecule has 1 atom stereocenters. The highest BCUT2D eigenvalue weighted by molar-refractivity contribution is 5.38. The van der Waals surface area contributed by atoms with Crippen molar-refractivity contribution < 1.29 is 4.74 Å². The molecular formula is C18H23NO. The Morgan fingerprint density at radius 3 is 2.10 bits per heavy atom. The molecule has 2 aromatic rings. The van der Waals surface area contributed by atoms with Gasteiger partial charge in [-0.05, 0) is 68.3 Å². The van der Waals surface area contributed by atoms with Crippen molar-refractivity contribution in [2.45, 2.75) is 33.7 Å². The van der Waals surface area contributed by atoms with E-state index in [1.807, 2.05) is 12.1 Å². The van der Waals surface area contributed by atoms with Crippen LogP contribution in [-0.2, 0) is 0 Å². The van der Waals surface area contributed by atoms with Crippen molar-refractivity contribution in [2.75, 3.05) is 6.54 Å². The number of aryl methyl sites for hydroxylation is 2. The van der Waals surface area contributed by atoms with Crippen molar-refractivity contribution in [3.05, 3.63) is 59.2 Å². The predicted octanol–water partition coefficient (Wildman–Crippen LogP) is 4.77. The molecule has 20 heavy (non-hydrogen) atoms. The maximum Gasteiger partial charge on any atom is 0.127 e. The Morgan fingerprint density at radius 1 is 0.950 bits per heavy atom. The highest BCUT2D eigenvalue weighted by Crippen LogP contribution is 2.25. The van der Waals surface area contributed by atoms with Crippen LogP contribution in [0.4, 0.5) is 0 Å². The molecule has 0 spiro atoms. The Bertz CT molecular complexity index is 540. The van der Waals surface area contributed by atoms with Gasteiger partial charge in [-0.3, -0.25) is 0 Å². The fourth-order valence-corrected chi connectivity index (χ4v) is 2.38. The molecule has 0 aromatic heterocycles. The molecule has 2 aromatic carbocycles. The van der Waals surface area contributed by atoms with Crippen molar-refractivity contribution in [3.8, 4) is 11.5 Å². The molecular weight excluding hydrogens is 246 g/mol. The molecule has 2 nitrogen and oxygen atoms in total. The van der Waals surface area contributed by atoms with Crippen molar-refractivity contribution in [1.29, 1.82) is 0 Å². The van der Waals surface area contributed by atoms with E-state index in [2.05, 4.69) is 63.3 Å². The molecule has 0 bridgehead atoms. The van der Waals surface area contributed by atoms with E-state index in [0.29, 0.717) is 6.04 Å². The lowest BCUT2D eigenvalue weighted by atomic mass is 10.1. The third-order valence-corrected chi connectivity index (χ3v) is 3.32. The third-order valence-electron chi connectivity index (χ3n) is 3.32. The van der Waals surface area contributed by atoms with Crippen molar-refractivity contribution >= 4 is 0 Å². The molecule has 0 saturated heterocycles. The summed E-state index contributed by atoms with van der Waals surface area (Å²) in [4.78, 5) is 0. The van der Waals surface area contributed by atoms with Crippen LogP contribution < -0.4 is 10.1 Å². The zero-order valence-electron chi connectivity index (χ0n) is 12.7. The van der Waals surface area contributed by atoms with Gasteiger partial charge in [-0.2, -0.15) is 0 Å². The molecule has 1 N–H and O–H groups in total. The summed E-state index contributed by atoms with van der Waals surface area (Å²) in [6, 6.07) is 14.9. The topological polar surface area (TPSA) is 21.3 Å². The summed E-state index contributed by atoms with van der Waals surface area (Å²) in [7, 11) is 0. The van der Waals surface area contributed by atoms with Gasteiger partial charge < -0.3 is 10.1 Å². The molecule has 1 unspecified atom stereocenters. The minimum absolute atomic E-state index is 0.371. The van der Waals surface area contributed by atoms with Gasteiger partial charge >= 0.3 is 0 Å². The Balaban J connectivity index is 2.10. The second kappa shape index (κ2) is 6.58. The molecule has 0 heterocycles. The van der Waals surface area contributed by atoms with Gasteiger partial charge in [-0.1, -0.05) is 25.1 Å². The maximum absolute atomic E-state index is 5.91. The minimum atomic E-state index is 0.371. The first-order valence-electron chi connectivity index (χ1n) is 7.18. The van der Waals surface area contributed by atoms with E-state index >= 15 is 0 Å². The number of nitrogens with one attached hydrogen (secondary N) is 1. The largest absolute Gasteiger partial charge is 0.457 e. The fourth-order valence-electron chi connectivity index (χ4n) is 2.38. The van der Waals surface area contributed by atoms with Crippen LogP contribution in [0.3, 0.4) is 0 Å². The van der Waals surface area contributed by atoms with Crippen LogP contribution in [0.2, 0.25) is 0 Å². The summed E-state index contributed by atoms with van der Waals surface area (Å²) < 4.78 is 5.91. The number of benzene rings is 2. The maximum atomic E-state index is 5.91. The molecule has 0 fully saturated rings. The minimum Gasteiger partial charge on any atom is -0.457 e. The monoisotopic (exact) mass is 269 g/mol. The highest BCUT2D eigenvalue weighted by Gasteiger charge is 2.04. The molecule has 106 valence electrons. The molecule has 0 radical (unpaired) electrons. The van der Waals surface area contributed by atoms with Crippen molar-refractivity contribution in [1.82, 2.24) is 5.32 Å². The number of hydrogen-bond donors (Lipinski definition) is 1. The normalized spacial score (nSPS) is 12.2. The molecule has 0 aliphatic carbocycles. The fraction of sp³-hybridized carbons (Fsp3) is 0.333. The van der Waals surface area contributed by atoms with Crippen LogP contribution in [0, 0.1) is 13.8 Å². The van der Waals surface area contributed by atoms with Gasteiger partial charge in [0.2, 0.25) is 0 Å². The lowest BCUT2D eigenvalue weighted by Gasteiger charge is -2.13. The van der Waals surface area contributed by atoms with Gasteiger partial charge in [0.15, 0.2) is 0 Å². The van der Waals surface area contributed by atoms with Gasteiger partial charge in [-0.25, -0.2) is 0 Å². The van der Waals surface area contributed by atoms with Crippen LogP contribution in [0.5, 0.6) is 11.5 Å². The average Bonchev–Trinajstić information content (AvgIpc) is 2.38. The van der Waals surface area contributed by atoms with Crippen LogP contribution in [0.15, 0.2) is 42.5 Å². The van der Waals surface area contributed by atoms with E-state index in [9.17, 15) is 0 Å². The van der Waals surface area contributed by atoms with E-state index in [1.54, 1.807) is 0 Å². The Kier molecular flexibility index (Phi) is 4.80. The van der Waals surface area contributed by atoms with Crippen LogP contribution >= 0.6 is 0 Å². The first kappa shape index (κ1) is 14.6. The SMILES string of the molecule is CCNC(C)c1ccc(Oc2cc(C)cc(C)c2)cc1. The first-order valence-corrected chi connectivity index (χ1v) is 7.18. The van der Waals surface area contributed by atoms with E-state index < -0.39 is 0 Å². The lowest BCUT2D eigenvalue weighted by Crippen LogP contribution is -2.17. The number of ether oxygens (including phenoxy) is 1. The van der Waals surface area contributed by atoms with Gasteiger partial charge in [0.1, 0.15) is 11.5 Å². The smallest absolute Gasteiger partial charge is 0.127 e. The third kappa shape index (κ3) is 3.84. The van der Waals surface area contributed by atoms with Crippen molar-refractivity contribution in [2.24, 2.45) is 0 Å². The highest BCUT2D eigenvalue weighted by atomic mass is 16.5. The molecule has 0 aliphatic rings. The summed E-state index contributed by atoms with van der Waals surface area (Å²) >= 11 is 0. The summed E-state index contributed by atoms with van der Waals surface area (Å²) in [6.07, 6.45) is 0.